The lowest BCUT2D eigenvalue weighted by Gasteiger charge is -2.07. The number of hydrogen-bond donors (Lipinski definition) is 2. The van der Waals surface area contributed by atoms with Crippen LogP contribution in [0.4, 0.5) is 5.69 Å². The molecule has 0 aliphatic heterocycles. The number of aryl methyl sites for hydroxylation is 1. The summed E-state index contributed by atoms with van der Waals surface area (Å²) in [5.74, 6) is 0.382. The maximum absolute atomic E-state index is 12.0. The molecule has 0 bridgehead atoms. The zero-order chi connectivity index (χ0) is 17.1. The molecule has 0 aliphatic rings. The van der Waals surface area contributed by atoms with E-state index in [-0.39, 0.29) is 11.7 Å². The van der Waals surface area contributed by atoms with Crippen LogP contribution in [-0.2, 0) is 4.79 Å². The van der Waals surface area contributed by atoms with Crippen LogP contribution in [0.3, 0.4) is 0 Å². The Kier molecular flexibility index (Phi) is 5.23. The number of nitrogens with one attached hydrogen (secondary N) is 1. The first-order valence-electron chi connectivity index (χ1n) is 7.15. The summed E-state index contributed by atoms with van der Waals surface area (Å²) in [5, 5.41) is 14.7. The number of aromatic hydroxyl groups is 1. The monoisotopic (exact) mass is 379 g/mol. The van der Waals surface area contributed by atoms with E-state index in [1.807, 2.05) is 6.92 Å². The van der Waals surface area contributed by atoms with E-state index in [4.69, 9.17) is 11.6 Å². The molecule has 24 heavy (non-hydrogen) atoms. The van der Waals surface area contributed by atoms with Crippen molar-refractivity contribution < 1.29 is 9.90 Å². The number of halogens is 1. The molecule has 0 atom stereocenters. The maximum atomic E-state index is 12.0. The molecule has 8 heteroatoms. The van der Waals surface area contributed by atoms with Gasteiger partial charge in [0.05, 0.1) is 5.69 Å². The number of fused-ring (bicyclic) bond motifs is 1. The van der Waals surface area contributed by atoms with Gasteiger partial charge in [0.1, 0.15) is 21.9 Å². The van der Waals surface area contributed by atoms with Gasteiger partial charge in [-0.1, -0.05) is 11.6 Å². The Morgan fingerprint density at radius 2 is 2.21 bits per heavy atom. The molecule has 0 saturated carbocycles. The number of phenolic OH excluding ortho intramolecular Hbond substituents is 1. The topological polar surface area (TPSA) is 75.1 Å². The quantitative estimate of drug-likeness (QED) is 0.388. The van der Waals surface area contributed by atoms with Crippen molar-refractivity contribution in [2.75, 3.05) is 11.1 Å². The minimum absolute atomic E-state index is 0.00772. The Balaban J connectivity index is 1.59. The molecule has 0 aliphatic carbocycles. The van der Waals surface area contributed by atoms with Gasteiger partial charge in [0, 0.05) is 27.5 Å². The third-order valence-corrected chi connectivity index (χ3v) is 5.42. The Labute approximate surface area is 152 Å². The summed E-state index contributed by atoms with van der Waals surface area (Å²) in [5.41, 5.74) is 0.315. The van der Waals surface area contributed by atoms with Gasteiger partial charge in [-0.15, -0.1) is 23.1 Å². The molecule has 2 heterocycles. The fourth-order valence-electron chi connectivity index (χ4n) is 2.13. The van der Waals surface area contributed by atoms with E-state index in [0.717, 1.165) is 15.2 Å². The molecule has 0 spiro atoms. The lowest BCUT2D eigenvalue weighted by Crippen LogP contribution is -2.12. The molecule has 0 fully saturated rings. The van der Waals surface area contributed by atoms with Crippen LogP contribution in [0.2, 0.25) is 5.02 Å². The smallest absolute Gasteiger partial charge is 0.225 e. The van der Waals surface area contributed by atoms with Crippen LogP contribution >= 0.6 is 34.7 Å². The molecule has 0 radical (unpaired) electrons. The molecule has 5 nitrogen and oxygen atoms in total. The third-order valence-electron chi connectivity index (χ3n) is 3.22. The van der Waals surface area contributed by atoms with Gasteiger partial charge in [0.25, 0.3) is 0 Å². The lowest BCUT2D eigenvalue weighted by molar-refractivity contribution is -0.115. The molecule has 0 saturated heterocycles. The molecular weight excluding hydrogens is 366 g/mol. The highest BCUT2D eigenvalue weighted by molar-refractivity contribution is 7.99. The maximum Gasteiger partial charge on any atom is 0.225 e. The summed E-state index contributed by atoms with van der Waals surface area (Å²) in [6.07, 6.45) is 1.84. The standard InChI is InChI=1S/C16H14ClN3O2S2/c1-9-6-11-15(18-8-19-16(11)24-9)23-5-4-14(22)20-12-7-10(17)2-3-13(12)21/h2-3,6-8,21H,4-5H2,1H3,(H,20,22). The number of nitrogens with zero attached hydrogens (tertiary/aromatic N) is 2. The van der Waals surface area contributed by atoms with Gasteiger partial charge in [-0.25, -0.2) is 9.97 Å². The minimum atomic E-state index is -0.188. The zero-order valence-corrected chi connectivity index (χ0v) is 15.1. The number of thiophene rings is 1. The van der Waals surface area contributed by atoms with Crippen molar-refractivity contribution in [2.24, 2.45) is 0 Å². The zero-order valence-electron chi connectivity index (χ0n) is 12.7. The molecule has 1 aromatic carbocycles. The van der Waals surface area contributed by atoms with Crippen LogP contribution in [0.15, 0.2) is 35.6 Å². The SMILES string of the molecule is Cc1cc2c(SCCC(=O)Nc3cc(Cl)ccc3O)ncnc2s1. The van der Waals surface area contributed by atoms with Crippen LogP contribution in [0.5, 0.6) is 5.75 Å². The van der Waals surface area contributed by atoms with Crippen molar-refractivity contribution in [1.29, 1.82) is 0 Å². The van der Waals surface area contributed by atoms with Crippen molar-refractivity contribution in [2.45, 2.75) is 18.4 Å². The lowest BCUT2D eigenvalue weighted by atomic mass is 10.3. The number of aromatic nitrogens is 2. The normalized spacial score (nSPS) is 10.9. The van der Waals surface area contributed by atoms with E-state index in [9.17, 15) is 9.90 Å². The van der Waals surface area contributed by atoms with Crippen LogP contribution in [0.25, 0.3) is 10.2 Å². The summed E-state index contributed by atoms with van der Waals surface area (Å²) >= 11 is 9.00. The predicted octanol–water partition coefficient (Wildman–Crippen LogP) is 4.48. The van der Waals surface area contributed by atoms with Crippen LogP contribution in [-0.4, -0.2) is 26.7 Å². The number of hydrogen-bond acceptors (Lipinski definition) is 6. The van der Waals surface area contributed by atoms with Gasteiger partial charge >= 0.3 is 0 Å². The van der Waals surface area contributed by atoms with Crippen LogP contribution in [0, 0.1) is 6.92 Å². The van der Waals surface area contributed by atoms with Gasteiger partial charge in [-0.05, 0) is 31.2 Å². The molecule has 3 rings (SSSR count). The first kappa shape index (κ1) is 17.0. The Morgan fingerprint density at radius 3 is 3.04 bits per heavy atom. The van der Waals surface area contributed by atoms with Crippen molar-refractivity contribution in [1.82, 2.24) is 9.97 Å². The Hall–Kier alpha value is -1.83. The summed E-state index contributed by atoms with van der Waals surface area (Å²) < 4.78 is 0. The predicted molar refractivity (Wildman–Crippen MR) is 99.2 cm³/mol. The van der Waals surface area contributed by atoms with Crippen molar-refractivity contribution in [3.63, 3.8) is 0 Å². The number of rotatable bonds is 5. The van der Waals surface area contributed by atoms with E-state index in [2.05, 4.69) is 21.4 Å². The molecule has 3 aromatic rings. The second kappa shape index (κ2) is 7.38. The average Bonchev–Trinajstić information content (AvgIpc) is 2.92. The number of benzene rings is 1. The second-order valence-electron chi connectivity index (χ2n) is 5.06. The largest absolute Gasteiger partial charge is 0.506 e. The second-order valence-corrected chi connectivity index (χ2v) is 7.82. The fraction of sp³-hybridized carbons (Fsp3) is 0.188. The summed E-state index contributed by atoms with van der Waals surface area (Å²) in [6.45, 7) is 2.03. The van der Waals surface area contributed by atoms with Gasteiger partial charge < -0.3 is 10.4 Å². The number of amides is 1. The van der Waals surface area contributed by atoms with E-state index < -0.39 is 0 Å². The summed E-state index contributed by atoms with van der Waals surface area (Å²) in [7, 11) is 0. The van der Waals surface area contributed by atoms with E-state index in [0.29, 0.717) is 22.9 Å². The minimum Gasteiger partial charge on any atom is -0.506 e. The highest BCUT2D eigenvalue weighted by Crippen LogP contribution is 2.31. The summed E-state index contributed by atoms with van der Waals surface area (Å²) in [4.78, 5) is 22.7. The van der Waals surface area contributed by atoms with E-state index in [1.54, 1.807) is 23.7 Å². The highest BCUT2D eigenvalue weighted by Gasteiger charge is 2.10. The van der Waals surface area contributed by atoms with Crippen LogP contribution < -0.4 is 5.32 Å². The Morgan fingerprint density at radius 1 is 1.38 bits per heavy atom. The van der Waals surface area contributed by atoms with E-state index >= 15 is 0 Å². The van der Waals surface area contributed by atoms with Gasteiger partial charge in [-0.3, -0.25) is 4.79 Å². The Bertz CT molecular complexity index is 898. The summed E-state index contributed by atoms with van der Waals surface area (Å²) in [6, 6.07) is 6.59. The molecule has 0 unspecified atom stereocenters. The van der Waals surface area contributed by atoms with Crippen molar-refractivity contribution in [3.05, 3.63) is 40.5 Å². The molecule has 124 valence electrons. The van der Waals surface area contributed by atoms with Crippen molar-refractivity contribution in [3.8, 4) is 5.75 Å². The molecule has 2 aromatic heterocycles. The number of carbonyl (C=O) groups is 1. The fourth-order valence-corrected chi connectivity index (χ4v) is 4.13. The first-order valence-corrected chi connectivity index (χ1v) is 9.33. The number of phenols is 1. The highest BCUT2D eigenvalue weighted by atomic mass is 35.5. The first-order chi connectivity index (χ1) is 11.5. The van der Waals surface area contributed by atoms with Gasteiger partial charge in [0.15, 0.2) is 0 Å². The number of anilines is 1. The molecular formula is C16H14ClN3O2S2. The number of carbonyl (C=O) groups excluding carboxylic acids is 1. The average molecular weight is 380 g/mol. The van der Waals surface area contributed by atoms with Crippen LogP contribution in [0.1, 0.15) is 11.3 Å². The molecule has 1 amide bonds. The van der Waals surface area contributed by atoms with Gasteiger partial charge in [-0.2, -0.15) is 0 Å². The van der Waals surface area contributed by atoms with Gasteiger partial charge in [0.2, 0.25) is 5.91 Å². The molecule has 2 N–H and O–H groups in total. The number of thioether (sulfide) groups is 1. The van der Waals surface area contributed by atoms with Crippen molar-refractivity contribution >= 4 is 56.5 Å². The third kappa shape index (κ3) is 3.98. The van der Waals surface area contributed by atoms with E-state index in [1.165, 1.54) is 28.8 Å².